The lowest BCUT2D eigenvalue weighted by Crippen LogP contribution is -2.16. The topological polar surface area (TPSA) is 63.8 Å². The Labute approximate surface area is 116 Å². The van der Waals surface area contributed by atoms with Gasteiger partial charge in [0.15, 0.2) is 5.82 Å². The van der Waals surface area contributed by atoms with E-state index in [-0.39, 0.29) is 4.99 Å². The third-order valence-electron chi connectivity index (χ3n) is 1.98. The average Bonchev–Trinajstić information content (AvgIpc) is 2.73. The minimum atomic E-state index is 0.243. The molecule has 0 unspecified atom stereocenters. The molecule has 2 aromatic rings. The Balaban J connectivity index is 2.11. The fourth-order valence-electron chi connectivity index (χ4n) is 1.27. The molecule has 0 aliphatic rings. The molecule has 0 saturated heterocycles. The van der Waals surface area contributed by atoms with Crippen LogP contribution in [-0.4, -0.2) is 15.0 Å². The number of rotatable bonds is 4. The predicted octanol–water partition coefficient (Wildman–Crippen LogP) is 2.55. The maximum Gasteiger partial charge on any atom is 0.155 e. The zero-order valence-electron chi connectivity index (χ0n) is 8.68. The monoisotopic (exact) mass is 328 g/mol. The second kappa shape index (κ2) is 5.52. The van der Waals surface area contributed by atoms with E-state index in [1.807, 2.05) is 5.38 Å². The van der Waals surface area contributed by atoms with Crippen LogP contribution in [0.4, 0.5) is 5.82 Å². The summed E-state index contributed by atoms with van der Waals surface area (Å²) in [6.45, 7) is 0.671. The summed E-state index contributed by atoms with van der Waals surface area (Å²) in [5.41, 5.74) is 6.10. The Morgan fingerprint density at radius 2 is 2.24 bits per heavy atom. The molecule has 3 N–H and O–H groups in total. The summed E-state index contributed by atoms with van der Waals surface area (Å²) in [6.07, 6.45) is 3.18. The van der Waals surface area contributed by atoms with Gasteiger partial charge in [-0.15, -0.1) is 11.3 Å². The molecule has 2 rings (SSSR count). The molecule has 0 aliphatic carbocycles. The van der Waals surface area contributed by atoms with Crippen molar-refractivity contribution in [3.05, 3.63) is 38.9 Å². The van der Waals surface area contributed by atoms with Crippen LogP contribution in [0.2, 0.25) is 0 Å². The highest BCUT2D eigenvalue weighted by atomic mass is 79.9. The lowest BCUT2D eigenvalue weighted by atomic mass is 10.4. The van der Waals surface area contributed by atoms with E-state index in [0.29, 0.717) is 18.1 Å². The van der Waals surface area contributed by atoms with Crippen LogP contribution in [0.15, 0.2) is 28.3 Å². The molecule has 4 nitrogen and oxygen atoms in total. The van der Waals surface area contributed by atoms with Gasteiger partial charge in [-0.1, -0.05) is 12.2 Å². The molecule has 0 radical (unpaired) electrons. The van der Waals surface area contributed by atoms with Crippen LogP contribution < -0.4 is 11.1 Å². The highest BCUT2D eigenvalue weighted by Gasteiger charge is 2.07. The summed E-state index contributed by atoms with van der Waals surface area (Å²) in [6, 6.07) is 2.05. The first-order valence-electron chi connectivity index (χ1n) is 4.74. The third-order valence-corrected chi connectivity index (χ3v) is 3.87. The first kappa shape index (κ1) is 12.4. The van der Waals surface area contributed by atoms with Crippen LogP contribution in [0.25, 0.3) is 0 Å². The van der Waals surface area contributed by atoms with Crippen LogP contribution in [0.5, 0.6) is 0 Å². The van der Waals surface area contributed by atoms with Crippen LogP contribution in [0, 0.1) is 0 Å². The molecule has 2 aromatic heterocycles. The number of halogens is 1. The van der Waals surface area contributed by atoms with Crippen LogP contribution in [0.1, 0.15) is 10.6 Å². The molecule has 88 valence electrons. The number of nitrogens with zero attached hydrogens (tertiary/aromatic N) is 2. The van der Waals surface area contributed by atoms with Crippen molar-refractivity contribution < 1.29 is 0 Å². The third kappa shape index (κ3) is 3.21. The Bertz CT molecular complexity index is 541. The van der Waals surface area contributed by atoms with Gasteiger partial charge in [-0.05, 0) is 22.0 Å². The van der Waals surface area contributed by atoms with Crippen molar-refractivity contribution in [3.63, 3.8) is 0 Å². The molecule has 0 aliphatic heterocycles. The van der Waals surface area contributed by atoms with Crippen molar-refractivity contribution in [2.45, 2.75) is 6.54 Å². The summed E-state index contributed by atoms with van der Waals surface area (Å²) in [5, 5.41) is 5.20. The van der Waals surface area contributed by atoms with Crippen molar-refractivity contribution in [1.29, 1.82) is 0 Å². The molecular weight excluding hydrogens is 320 g/mol. The zero-order chi connectivity index (χ0) is 12.3. The van der Waals surface area contributed by atoms with Crippen molar-refractivity contribution in [2.24, 2.45) is 5.73 Å². The van der Waals surface area contributed by atoms with Gasteiger partial charge in [0, 0.05) is 27.1 Å². The van der Waals surface area contributed by atoms with E-state index >= 15 is 0 Å². The number of hydrogen-bond acceptors (Lipinski definition) is 5. The number of thiocarbonyl (C=S) groups is 1. The Hall–Kier alpha value is -1.05. The molecule has 0 spiro atoms. The van der Waals surface area contributed by atoms with Gasteiger partial charge in [-0.3, -0.25) is 0 Å². The standard InChI is InChI=1S/C10H9BrN4S2/c11-6-3-7(17-5-6)4-15-10-8(9(12)16)13-1-2-14-10/h1-3,5H,4H2,(H2,12,16)(H,14,15). The van der Waals surface area contributed by atoms with E-state index in [1.54, 1.807) is 23.7 Å². The summed E-state index contributed by atoms with van der Waals surface area (Å²) in [4.78, 5) is 9.71. The minimum Gasteiger partial charge on any atom is -0.388 e. The minimum absolute atomic E-state index is 0.243. The quantitative estimate of drug-likeness (QED) is 0.844. The van der Waals surface area contributed by atoms with Crippen LogP contribution in [0.3, 0.4) is 0 Å². The van der Waals surface area contributed by atoms with Crippen LogP contribution >= 0.6 is 39.5 Å². The molecule has 0 aromatic carbocycles. The average molecular weight is 329 g/mol. The van der Waals surface area contributed by atoms with E-state index in [0.717, 1.165) is 4.47 Å². The lowest BCUT2D eigenvalue weighted by molar-refractivity contribution is 1.10. The van der Waals surface area contributed by atoms with Crippen molar-refractivity contribution in [3.8, 4) is 0 Å². The molecule has 0 saturated carbocycles. The second-order valence-electron chi connectivity index (χ2n) is 3.20. The van der Waals surface area contributed by atoms with E-state index in [1.165, 1.54) is 4.88 Å². The summed E-state index contributed by atoms with van der Waals surface area (Å²) < 4.78 is 1.08. The van der Waals surface area contributed by atoms with Gasteiger partial charge in [0.2, 0.25) is 0 Å². The molecule has 7 heteroatoms. The predicted molar refractivity (Wildman–Crippen MR) is 77.3 cm³/mol. The number of thiophene rings is 1. The number of aromatic nitrogens is 2. The summed E-state index contributed by atoms with van der Waals surface area (Å²) in [5.74, 6) is 0.615. The SMILES string of the molecule is NC(=S)c1nccnc1NCc1cc(Br)cs1. The first-order valence-corrected chi connectivity index (χ1v) is 6.82. The lowest BCUT2D eigenvalue weighted by Gasteiger charge is -2.07. The first-order chi connectivity index (χ1) is 8.16. The smallest absolute Gasteiger partial charge is 0.155 e. The van der Waals surface area contributed by atoms with Gasteiger partial charge in [-0.25, -0.2) is 9.97 Å². The Morgan fingerprint density at radius 3 is 2.88 bits per heavy atom. The van der Waals surface area contributed by atoms with Crippen LogP contribution in [-0.2, 0) is 6.54 Å². The largest absolute Gasteiger partial charge is 0.388 e. The fraction of sp³-hybridized carbons (Fsp3) is 0.100. The maximum atomic E-state index is 5.57. The number of anilines is 1. The molecule has 0 amide bonds. The van der Waals surface area contributed by atoms with Gasteiger partial charge in [0.05, 0.1) is 6.54 Å². The van der Waals surface area contributed by atoms with Gasteiger partial charge >= 0.3 is 0 Å². The van der Waals surface area contributed by atoms with Crippen molar-refractivity contribution in [1.82, 2.24) is 9.97 Å². The molecular formula is C10H9BrN4S2. The van der Waals surface area contributed by atoms with Gasteiger partial charge in [0.25, 0.3) is 0 Å². The van der Waals surface area contributed by atoms with E-state index in [4.69, 9.17) is 18.0 Å². The molecule has 17 heavy (non-hydrogen) atoms. The van der Waals surface area contributed by atoms with Crippen molar-refractivity contribution >= 4 is 50.3 Å². The Morgan fingerprint density at radius 1 is 1.47 bits per heavy atom. The van der Waals surface area contributed by atoms with Crippen molar-refractivity contribution in [2.75, 3.05) is 5.32 Å². The number of nitrogens with two attached hydrogens (primary N) is 1. The summed E-state index contributed by atoms with van der Waals surface area (Å²) in [7, 11) is 0. The molecule has 0 bridgehead atoms. The van der Waals surface area contributed by atoms with E-state index < -0.39 is 0 Å². The zero-order valence-corrected chi connectivity index (χ0v) is 11.9. The summed E-state index contributed by atoms with van der Waals surface area (Å²) >= 11 is 9.99. The van der Waals surface area contributed by atoms with Gasteiger partial charge in [-0.2, -0.15) is 0 Å². The maximum absolute atomic E-state index is 5.57. The molecule has 0 atom stereocenters. The molecule has 2 heterocycles. The van der Waals surface area contributed by atoms with E-state index in [9.17, 15) is 0 Å². The molecule has 0 fully saturated rings. The highest BCUT2D eigenvalue weighted by Crippen LogP contribution is 2.20. The van der Waals surface area contributed by atoms with Gasteiger partial charge < -0.3 is 11.1 Å². The number of nitrogens with one attached hydrogen (secondary N) is 1. The highest BCUT2D eigenvalue weighted by molar-refractivity contribution is 9.10. The fourth-order valence-corrected chi connectivity index (χ4v) is 2.81. The normalized spacial score (nSPS) is 10.2. The number of hydrogen-bond donors (Lipinski definition) is 2. The van der Waals surface area contributed by atoms with E-state index in [2.05, 4.69) is 37.3 Å². The second-order valence-corrected chi connectivity index (χ2v) is 5.55. The van der Waals surface area contributed by atoms with Gasteiger partial charge in [0.1, 0.15) is 10.7 Å². The Kier molecular flexibility index (Phi) is 4.03.